The first kappa shape index (κ1) is 12.1. The van der Waals surface area contributed by atoms with E-state index in [1.165, 1.54) is 0 Å². The number of aromatic nitrogens is 3. The van der Waals surface area contributed by atoms with Crippen LogP contribution in [0.25, 0.3) is 11.4 Å². The molecule has 2 rings (SSSR count). The van der Waals surface area contributed by atoms with Gasteiger partial charge in [0.1, 0.15) is 5.82 Å². The molecule has 0 atom stereocenters. The van der Waals surface area contributed by atoms with Gasteiger partial charge in [0, 0.05) is 5.56 Å². The van der Waals surface area contributed by atoms with Gasteiger partial charge in [-0.05, 0) is 26.0 Å². The summed E-state index contributed by atoms with van der Waals surface area (Å²) in [5.41, 5.74) is 1.37. The van der Waals surface area contributed by atoms with Crippen molar-refractivity contribution in [2.75, 3.05) is 11.9 Å². The molecule has 6 heteroatoms. The maximum atomic E-state index is 11.4. The van der Waals surface area contributed by atoms with E-state index in [1.807, 2.05) is 25.1 Å². The Morgan fingerprint density at radius 2 is 2.22 bits per heavy atom. The Balaban J connectivity index is 2.28. The molecular formula is C12H14N4O2. The largest absolute Gasteiger partial charge is 0.450 e. The van der Waals surface area contributed by atoms with Gasteiger partial charge in [0.15, 0.2) is 5.82 Å². The Morgan fingerprint density at radius 1 is 1.44 bits per heavy atom. The molecule has 18 heavy (non-hydrogen) atoms. The predicted octanol–water partition coefficient (Wildman–Crippen LogP) is 2.35. The van der Waals surface area contributed by atoms with Gasteiger partial charge in [-0.1, -0.05) is 12.1 Å². The Hall–Kier alpha value is -2.37. The second-order valence-corrected chi connectivity index (χ2v) is 3.64. The van der Waals surface area contributed by atoms with Crippen molar-refractivity contribution in [2.24, 2.45) is 0 Å². The summed E-state index contributed by atoms with van der Waals surface area (Å²) < 4.78 is 4.84. The number of rotatable bonds is 3. The molecule has 1 aromatic carbocycles. The number of H-pyrrole nitrogens is 1. The van der Waals surface area contributed by atoms with Crippen molar-refractivity contribution in [1.82, 2.24) is 15.2 Å². The third kappa shape index (κ3) is 2.65. The van der Waals surface area contributed by atoms with Gasteiger partial charge < -0.3 is 4.74 Å². The minimum atomic E-state index is -0.489. The van der Waals surface area contributed by atoms with E-state index in [0.717, 1.165) is 11.4 Å². The standard InChI is InChI=1S/C12H14N4O2/c1-3-18-12(17)14-10-7-5-4-6-9(10)11-13-8(2)15-16-11/h4-7H,3H2,1-2H3,(H,14,17)(H,13,15,16). The number of hydrogen-bond donors (Lipinski definition) is 2. The minimum Gasteiger partial charge on any atom is -0.450 e. The number of carbonyl (C=O) groups excluding carboxylic acids is 1. The number of hydrogen-bond acceptors (Lipinski definition) is 4. The number of amides is 1. The molecule has 0 aliphatic carbocycles. The fourth-order valence-corrected chi connectivity index (χ4v) is 1.53. The van der Waals surface area contributed by atoms with Crippen LogP contribution in [0.15, 0.2) is 24.3 Å². The third-order valence-corrected chi connectivity index (χ3v) is 2.28. The lowest BCUT2D eigenvalue weighted by molar-refractivity contribution is 0.168. The molecule has 2 aromatic rings. The highest BCUT2D eigenvalue weighted by molar-refractivity contribution is 5.90. The fourth-order valence-electron chi connectivity index (χ4n) is 1.53. The topological polar surface area (TPSA) is 79.9 Å². The summed E-state index contributed by atoms with van der Waals surface area (Å²) in [5.74, 6) is 1.26. The van der Waals surface area contributed by atoms with E-state index in [2.05, 4.69) is 20.5 Å². The molecule has 0 aliphatic heterocycles. The van der Waals surface area contributed by atoms with Crippen molar-refractivity contribution in [3.8, 4) is 11.4 Å². The van der Waals surface area contributed by atoms with Crippen LogP contribution in [0.2, 0.25) is 0 Å². The lowest BCUT2D eigenvalue weighted by Crippen LogP contribution is -2.14. The number of ether oxygens (including phenoxy) is 1. The van der Waals surface area contributed by atoms with E-state index in [1.54, 1.807) is 13.0 Å². The van der Waals surface area contributed by atoms with Gasteiger partial charge in [0.25, 0.3) is 0 Å². The van der Waals surface area contributed by atoms with E-state index in [4.69, 9.17) is 4.74 Å². The summed E-state index contributed by atoms with van der Waals surface area (Å²) in [5, 5.41) is 9.50. The first-order valence-electron chi connectivity index (χ1n) is 5.63. The predicted molar refractivity (Wildman–Crippen MR) is 67.2 cm³/mol. The van der Waals surface area contributed by atoms with Crippen LogP contribution in [0.5, 0.6) is 0 Å². The van der Waals surface area contributed by atoms with Crippen molar-refractivity contribution in [3.05, 3.63) is 30.1 Å². The number of aryl methyl sites for hydroxylation is 1. The molecule has 1 aromatic heterocycles. The van der Waals surface area contributed by atoms with Crippen LogP contribution in [-0.4, -0.2) is 27.9 Å². The highest BCUT2D eigenvalue weighted by atomic mass is 16.5. The molecule has 1 amide bonds. The zero-order valence-electron chi connectivity index (χ0n) is 10.2. The average Bonchev–Trinajstić information content (AvgIpc) is 2.77. The van der Waals surface area contributed by atoms with E-state index in [9.17, 15) is 4.79 Å². The molecular weight excluding hydrogens is 232 g/mol. The number of nitrogens with zero attached hydrogens (tertiary/aromatic N) is 2. The van der Waals surface area contributed by atoms with Gasteiger partial charge in [0.05, 0.1) is 12.3 Å². The van der Waals surface area contributed by atoms with Gasteiger partial charge in [-0.3, -0.25) is 10.4 Å². The van der Waals surface area contributed by atoms with Crippen LogP contribution in [0.4, 0.5) is 10.5 Å². The van der Waals surface area contributed by atoms with Crippen LogP contribution in [0, 0.1) is 6.92 Å². The van der Waals surface area contributed by atoms with Crippen LogP contribution in [0.1, 0.15) is 12.7 Å². The molecule has 0 saturated heterocycles. The maximum absolute atomic E-state index is 11.4. The fraction of sp³-hybridized carbons (Fsp3) is 0.250. The van der Waals surface area contributed by atoms with E-state index in [-0.39, 0.29) is 0 Å². The summed E-state index contributed by atoms with van der Waals surface area (Å²) in [4.78, 5) is 15.7. The smallest absolute Gasteiger partial charge is 0.411 e. The average molecular weight is 246 g/mol. The molecule has 0 radical (unpaired) electrons. The Morgan fingerprint density at radius 3 is 2.89 bits per heavy atom. The number of aromatic amines is 1. The molecule has 0 bridgehead atoms. The number of carbonyl (C=O) groups is 1. The van der Waals surface area contributed by atoms with Crippen LogP contribution in [0.3, 0.4) is 0 Å². The van der Waals surface area contributed by atoms with Crippen LogP contribution in [-0.2, 0) is 4.74 Å². The number of anilines is 1. The summed E-state index contributed by atoms with van der Waals surface area (Å²) in [6.07, 6.45) is -0.489. The van der Waals surface area contributed by atoms with Crippen molar-refractivity contribution < 1.29 is 9.53 Å². The summed E-state index contributed by atoms with van der Waals surface area (Å²) in [7, 11) is 0. The van der Waals surface area contributed by atoms with Gasteiger partial charge in [-0.15, -0.1) is 0 Å². The van der Waals surface area contributed by atoms with E-state index >= 15 is 0 Å². The van der Waals surface area contributed by atoms with Gasteiger partial charge in [0.2, 0.25) is 0 Å². The SMILES string of the molecule is CCOC(=O)Nc1ccccc1-c1n[nH]c(C)n1. The zero-order chi connectivity index (χ0) is 13.0. The summed E-state index contributed by atoms with van der Waals surface area (Å²) >= 11 is 0. The van der Waals surface area contributed by atoms with Crippen molar-refractivity contribution in [2.45, 2.75) is 13.8 Å². The number of benzene rings is 1. The molecule has 0 saturated carbocycles. The highest BCUT2D eigenvalue weighted by Crippen LogP contribution is 2.24. The van der Waals surface area contributed by atoms with Crippen molar-refractivity contribution >= 4 is 11.8 Å². The van der Waals surface area contributed by atoms with Crippen molar-refractivity contribution in [1.29, 1.82) is 0 Å². The summed E-state index contributed by atoms with van der Waals surface area (Å²) in [6, 6.07) is 7.30. The molecule has 2 N–H and O–H groups in total. The molecule has 1 heterocycles. The lowest BCUT2D eigenvalue weighted by Gasteiger charge is -2.08. The molecule has 94 valence electrons. The second-order valence-electron chi connectivity index (χ2n) is 3.64. The van der Waals surface area contributed by atoms with Gasteiger partial charge in [-0.25, -0.2) is 9.78 Å². The van der Waals surface area contributed by atoms with Crippen LogP contribution >= 0.6 is 0 Å². The van der Waals surface area contributed by atoms with Gasteiger partial charge >= 0.3 is 6.09 Å². The number of nitrogens with one attached hydrogen (secondary N) is 2. The van der Waals surface area contributed by atoms with Crippen LogP contribution < -0.4 is 5.32 Å². The van der Waals surface area contributed by atoms with Gasteiger partial charge in [-0.2, -0.15) is 5.10 Å². The Bertz CT molecular complexity index is 551. The first-order valence-corrected chi connectivity index (χ1v) is 5.63. The minimum absolute atomic E-state index is 0.327. The molecule has 6 nitrogen and oxygen atoms in total. The van der Waals surface area contributed by atoms with E-state index < -0.39 is 6.09 Å². The summed E-state index contributed by atoms with van der Waals surface area (Å²) in [6.45, 7) is 3.90. The quantitative estimate of drug-likeness (QED) is 0.871. The normalized spacial score (nSPS) is 10.1. The van der Waals surface area contributed by atoms with E-state index in [0.29, 0.717) is 18.1 Å². The third-order valence-electron chi connectivity index (χ3n) is 2.28. The zero-order valence-corrected chi connectivity index (χ0v) is 10.2. The van der Waals surface area contributed by atoms with Crippen molar-refractivity contribution in [3.63, 3.8) is 0 Å². The molecule has 0 spiro atoms. The number of para-hydroxylation sites is 1. The first-order chi connectivity index (χ1) is 8.70. The Kier molecular flexibility index (Phi) is 3.57. The maximum Gasteiger partial charge on any atom is 0.411 e. The lowest BCUT2D eigenvalue weighted by atomic mass is 10.1. The highest BCUT2D eigenvalue weighted by Gasteiger charge is 2.11. The molecule has 0 aliphatic rings. The monoisotopic (exact) mass is 246 g/mol. The molecule has 0 unspecified atom stereocenters. The molecule has 0 fully saturated rings. The second kappa shape index (κ2) is 5.31. The Labute approximate surface area is 104 Å².